The minimum absolute atomic E-state index is 0.106. The molecule has 17 nitrogen and oxygen atoms in total. The van der Waals surface area contributed by atoms with E-state index in [4.69, 9.17) is 37.0 Å². The predicted molar refractivity (Wildman–Crippen MR) is 377 cm³/mol. The predicted octanol–water partition coefficient (Wildman–Crippen LogP) is 21.7. The van der Waals surface area contributed by atoms with Crippen LogP contribution < -0.4 is 0 Å². The molecule has 0 aliphatic heterocycles. The molecule has 0 rings (SSSR count). The monoisotopic (exact) mass is 1370 g/mol. The van der Waals surface area contributed by atoms with Gasteiger partial charge in [0.05, 0.1) is 26.4 Å². The van der Waals surface area contributed by atoms with Gasteiger partial charge in [-0.15, -0.1) is 0 Å². The van der Waals surface area contributed by atoms with Crippen LogP contribution in [0.2, 0.25) is 0 Å². The molecule has 0 radical (unpaired) electrons. The Kier molecular flexibility index (Phi) is 65.9. The lowest BCUT2D eigenvalue weighted by Crippen LogP contribution is -2.30. The van der Waals surface area contributed by atoms with Crippen LogP contribution in [-0.4, -0.2) is 96.7 Å². The molecule has 19 heteroatoms. The zero-order valence-electron chi connectivity index (χ0n) is 60.4. The van der Waals surface area contributed by atoms with Crippen molar-refractivity contribution in [1.29, 1.82) is 0 Å². The first kappa shape index (κ1) is 91.1. The highest BCUT2D eigenvalue weighted by atomic mass is 31.2. The SMILES string of the molecule is CCCCCCCCCCCCCCCCCCCCCC(=O)O[C@H](COC(=O)CCCCCCCCCCCCCCCCC(C)C)COP(=O)(O)OC[C@@H](O)COP(=O)(O)OC[C@@H](COC(=O)CCCCCCCCCC)OC(=O)CCCCCCCCCCC. The van der Waals surface area contributed by atoms with Crippen molar-refractivity contribution in [2.75, 3.05) is 39.6 Å². The highest BCUT2D eigenvalue weighted by Gasteiger charge is 2.30. The number of phosphoric ester groups is 2. The van der Waals surface area contributed by atoms with E-state index in [9.17, 15) is 43.2 Å². The molecule has 3 N–H and O–H groups in total. The molecule has 5 atom stereocenters. The number of ether oxygens (including phenoxy) is 4. The van der Waals surface area contributed by atoms with Crippen molar-refractivity contribution in [3.05, 3.63) is 0 Å². The molecule has 0 saturated heterocycles. The average molecular weight is 1370 g/mol. The molecule has 0 aromatic heterocycles. The Morgan fingerprint density at radius 3 is 0.731 bits per heavy atom. The van der Waals surface area contributed by atoms with Crippen LogP contribution in [-0.2, 0) is 65.4 Å². The largest absolute Gasteiger partial charge is 0.472 e. The van der Waals surface area contributed by atoms with Crippen molar-refractivity contribution in [2.24, 2.45) is 5.92 Å². The molecule has 0 fully saturated rings. The topological polar surface area (TPSA) is 237 Å². The lowest BCUT2D eigenvalue weighted by molar-refractivity contribution is -0.161. The first-order chi connectivity index (χ1) is 45.0. The number of aliphatic hydroxyl groups is 1. The normalized spacial score (nSPS) is 14.0. The van der Waals surface area contributed by atoms with Crippen LogP contribution in [0.25, 0.3) is 0 Å². The number of carbonyl (C=O) groups is 4. The van der Waals surface area contributed by atoms with E-state index in [1.54, 1.807) is 0 Å². The summed E-state index contributed by atoms with van der Waals surface area (Å²) in [5, 5.41) is 10.6. The van der Waals surface area contributed by atoms with Gasteiger partial charge in [-0.05, 0) is 31.6 Å². The zero-order valence-corrected chi connectivity index (χ0v) is 62.2. The van der Waals surface area contributed by atoms with E-state index in [0.717, 1.165) is 102 Å². The van der Waals surface area contributed by atoms with Crippen LogP contribution in [0, 0.1) is 5.92 Å². The molecular weight excluding hydrogens is 1220 g/mol. The smallest absolute Gasteiger partial charge is 0.462 e. The van der Waals surface area contributed by atoms with Crippen molar-refractivity contribution in [1.82, 2.24) is 0 Å². The van der Waals surface area contributed by atoms with E-state index >= 15 is 0 Å². The van der Waals surface area contributed by atoms with E-state index in [-0.39, 0.29) is 25.7 Å². The maximum atomic E-state index is 13.1. The minimum atomic E-state index is -4.95. The van der Waals surface area contributed by atoms with Gasteiger partial charge in [0.1, 0.15) is 19.3 Å². The summed E-state index contributed by atoms with van der Waals surface area (Å²) in [6.07, 6.45) is 55.6. The van der Waals surface area contributed by atoms with Crippen molar-refractivity contribution < 1.29 is 80.2 Å². The Bertz CT molecular complexity index is 1790. The molecule has 0 amide bonds. The van der Waals surface area contributed by atoms with Gasteiger partial charge >= 0.3 is 39.5 Å². The van der Waals surface area contributed by atoms with Crippen LogP contribution >= 0.6 is 15.6 Å². The molecule has 0 saturated carbocycles. The van der Waals surface area contributed by atoms with Crippen LogP contribution in [0.3, 0.4) is 0 Å². The summed E-state index contributed by atoms with van der Waals surface area (Å²) in [6, 6.07) is 0. The number of hydrogen-bond acceptors (Lipinski definition) is 15. The fraction of sp³-hybridized carbons (Fsp3) is 0.946. The number of hydrogen-bond donors (Lipinski definition) is 3. The lowest BCUT2D eigenvalue weighted by atomic mass is 10.0. The summed E-state index contributed by atoms with van der Waals surface area (Å²) in [7, 11) is -9.90. The minimum Gasteiger partial charge on any atom is -0.462 e. The van der Waals surface area contributed by atoms with E-state index < -0.39 is 97.5 Å². The molecule has 0 aliphatic carbocycles. The molecule has 2 unspecified atom stereocenters. The Morgan fingerprint density at radius 2 is 0.495 bits per heavy atom. The maximum Gasteiger partial charge on any atom is 0.472 e. The van der Waals surface area contributed by atoms with Crippen molar-refractivity contribution in [3.8, 4) is 0 Å². The molecule has 0 aromatic rings. The van der Waals surface area contributed by atoms with Crippen LogP contribution in [0.15, 0.2) is 0 Å². The lowest BCUT2D eigenvalue weighted by Gasteiger charge is -2.21. The number of esters is 4. The van der Waals surface area contributed by atoms with Gasteiger partial charge in [-0.25, -0.2) is 9.13 Å². The molecule has 0 aliphatic rings. The van der Waals surface area contributed by atoms with E-state index in [1.807, 2.05) is 0 Å². The van der Waals surface area contributed by atoms with Gasteiger partial charge in [0.2, 0.25) is 0 Å². The van der Waals surface area contributed by atoms with Gasteiger partial charge in [-0.2, -0.15) is 0 Å². The Labute approximate surface area is 568 Å². The van der Waals surface area contributed by atoms with Crippen molar-refractivity contribution >= 4 is 39.5 Å². The van der Waals surface area contributed by atoms with Crippen molar-refractivity contribution in [2.45, 2.75) is 406 Å². The summed E-state index contributed by atoms with van der Waals surface area (Å²) < 4.78 is 68.3. The Balaban J connectivity index is 5.17. The fourth-order valence-electron chi connectivity index (χ4n) is 11.4. The number of carbonyl (C=O) groups excluding carboxylic acids is 4. The molecular formula is C74H144O17P2. The van der Waals surface area contributed by atoms with Gasteiger partial charge in [0.15, 0.2) is 12.2 Å². The summed E-state index contributed by atoms with van der Waals surface area (Å²) >= 11 is 0. The highest BCUT2D eigenvalue weighted by Crippen LogP contribution is 2.45. The third kappa shape index (κ3) is 68.4. The highest BCUT2D eigenvalue weighted by molar-refractivity contribution is 7.47. The molecule has 0 heterocycles. The van der Waals surface area contributed by atoms with Gasteiger partial charge in [-0.1, -0.05) is 336 Å². The number of phosphoric acid groups is 2. The van der Waals surface area contributed by atoms with Crippen molar-refractivity contribution in [3.63, 3.8) is 0 Å². The van der Waals surface area contributed by atoms with Crippen LogP contribution in [0.1, 0.15) is 388 Å². The third-order valence-electron chi connectivity index (χ3n) is 17.3. The van der Waals surface area contributed by atoms with E-state index in [2.05, 4.69) is 34.6 Å². The quantitative estimate of drug-likeness (QED) is 0.0222. The second kappa shape index (κ2) is 67.3. The number of rotatable bonds is 74. The van der Waals surface area contributed by atoms with Gasteiger partial charge < -0.3 is 33.8 Å². The maximum absolute atomic E-state index is 13.1. The van der Waals surface area contributed by atoms with Gasteiger partial charge in [-0.3, -0.25) is 37.3 Å². The molecule has 93 heavy (non-hydrogen) atoms. The summed E-state index contributed by atoms with van der Waals surface area (Å²) in [4.78, 5) is 72.5. The van der Waals surface area contributed by atoms with Crippen LogP contribution in [0.5, 0.6) is 0 Å². The first-order valence-electron chi connectivity index (χ1n) is 38.6. The van der Waals surface area contributed by atoms with Gasteiger partial charge in [0, 0.05) is 25.7 Å². The zero-order chi connectivity index (χ0) is 68.4. The number of aliphatic hydroxyl groups excluding tert-OH is 1. The standard InChI is InChI=1S/C74H144O17P2/c1-6-9-12-15-18-21-22-23-24-25-26-27-28-33-36-40-45-50-55-60-74(79)91-70(64-85-72(77)58-53-48-43-39-35-32-30-29-31-34-38-41-46-51-56-67(4)5)66-89-93(82,83)87-62-68(75)61-86-92(80,81)88-65-69(63-84-71(76)57-52-47-42-20-17-14-11-8-3)90-73(78)59-54-49-44-37-19-16-13-10-7-2/h67-70,75H,6-66H2,1-5H3,(H,80,81)(H,82,83)/t68-,69+,70+/m0/s1. The molecule has 0 aromatic carbocycles. The first-order valence-corrected chi connectivity index (χ1v) is 41.6. The number of unbranched alkanes of at least 4 members (excludes halogenated alkanes) is 46. The second-order valence-corrected chi connectivity index (χ2v) is 30.1. The second-order valence-electron chi connectivity index (χ2n) is 27.2. The Hall–Kier alpha value is -1.94. The molecule has 0 bridgehead atoms. The van der Waals surface area contributed by atoms with Crippen LogP contribution in [0.4, 0.5) is 0 Å². The fourth-order valence-corrected chi connectivity index (χ4v) is 12.9. The third-order valence-corrected chi connectivity index (χ3v) is 19.2. The summed E-state index contributed by atoms with van der Waals surface area (Å²) in [6.45, 7) is 7.26. The van der Waals surface area contributed by atoms with E-state index in [1.165, 1.54) is 205 Å². The average Bonchev–Trinajstić information content (AvgIpc) is 3.18. The van der Waals surface area contributed by atoms with E-state index in [0.29, 0.717) is 25.7 Å². The Morgan fingerprint density at radius 1 is 0.290 bits per heavy atom. The molecule has 0 spiro atoms. The summed E-state index contributed by atoms with van der Waals surface area (Å²) in [5.41, 5.74) is 0. The summed E-state index contributed by atoms with van der Waals surface area (Å²) in [5.74, 6) is -1.32. The molecule has 552 valence electrons. The van der Waals surface area contributed by atoms with Gasteiger partial charge in [0.25, 0.3) is 0 Å².